The molecule has 0 radical (unpaired) electrons. The number of nitro groups is 1. The predicted molar refractivity (Wildman–Crippen MR) is 82.6 cm³/mol. The quantitative estimate of drug-likeness (QED) is 0.629. The van der Waals surface area contributed by atoms with E-state index in [1.807, 2.05) is 0 Å². The molecule has 1 aromatic carbocycles. The maximum absolute atomic E-state index is 10.9. The minimum absolute atomic E-state index is 0.0457. The topological polar surface area (TPSA) is 127 Å². The molecule has 0 saturated heterocycles. The van der Waals surface area contributed by atoms with E-state index < -0.39 is 10.5 Å². The lowest BCUT2D eigenvalue weighted by Crippen LogP contribution is -2.34. The third kappa shape index (κ3) is 3.16. The maximum atomic E-state index is 10.9. The molecular formula is C15H18N4O5. The Morgan fingerprint density at radius 1 is 1.42 bits per heavy atom. The van der Waals surface area contributed by atoms with E-state index in [1.165, 1.54) is 25.3 Å². The number of ether oxygens (including phenoxy) is 2. The molecule has 1 aliphatic carbocycles. The second kappa shape index (κ2) is 6.44. The lowest BCUT2D eigenvalue weighted by atomic mass is 9.99. The summed E-state index contributed by atoms with van der Waals surface area (Å²) in [4.78, 5) is 14.7. The van der Waals surface area contributed by atoms with E-state index in [0.29, 0.717) is 17.5 Å². The monoisotopic (exact) mass is 334 g/mol. The van der Waals surface area contributed by atoms with Crippen molar-refractivity contribution >= 4 is 5.69 Å². The van der Waals surface area contributed by atoms with E-state index in [0.717, 1.165) is 25.7 Å². The summed E-state index contributed by atoms with van der Waals surface area (Å²) in [5.41, 5.74) is 5.63. The van der Waals surface area contributed by atoms with Crippen LogP contribution in [0.15, 0.2) is 22.7 Å². The number of rotatable bonds is 6. The van der Waals surface area contributed by atoms with Crippen LogP contribution in [0.25, 0.3) is 0 Å². The van der Waals surface area contributed by atoms with Crippen LogP contribution in [0.3, 0.4) is 0 Å². The molecule has 24 heavy (non-hydrogen) atoms. The van der Waals surface area contributed by atoms with Crippen molar-refractivity contribution in [3.8, 4) is 11.5 Å². The van der Waals surface area contributed by atoms with Crippen LogP contribution in [0.5, 0.6) is 11.5 Å². The number of methoxy groups -OCH3 is 1. The summed E-state index contributed by atoms with van der Waals surface area (Å²) in [5.74, 6) is 1.33. The van der Waals surface area contributed by atoms with E-state index in [1.54, 1.807) is 0 Å². The Balaban J connectivity index is 1.68. The first-order valence-corrected chi connectivity index (χ1v) is 7.59. The third-order valence-electron chi connectivity index (χ3n) is 4.12. The average Bonchev–Trinajstić information content (AvgIpc) is 3.22. The Bertz CT molecular complexity index is 739. The number of hydrogen-bond donors (Lipinski definition) is 1. The van der Waals surface area contributed by atoms with Crippen LogP contribution in [0.4, 0.5) is 5.69 Å². The Hall–Kier alpha value is -2.68. The highest BCUT2D eigenvalue weighted by Crippen LogP contribution is 2.35. The minimum atomic E-state index is -0.519. The van der Waals surface area contributed by atoms with Gasteiger partial charge in [-0.2, -0.15) is 4.98 Å². The molecule has 0 spiro atoms. The normalized spacial score (nSPS) is 16.1. The van der Waals surface area contributed by atoms with Gasteiger partial charge in [0.05, 0.1) is 17.6 Å². The van der Waals surface area contributed by atoms with Gasteiger partial charge in [0.1, 0.15) is 5.75 Å². The Morgan fingerprint density at radius 2 is 2.17 bits per heavy atom. The largest absolute Gasteiger partial charge is 0.490 e. The summed E-state index contributed by atoms with van der Waals surface area (Å²) in [5, 5.41) is 14.8. The Morgan fingerprint density at radius 3 is 2.83 bits per heavy atom. The number of nitro benzene ring substituents is 1. The van der Waals surface area contributed by atoms with E-state index >= 15 is 0 Å². The van der Waals surface area contributed by atoms with Crippen molar-refractivity contribution < 1.29 is 18.9 Å². The van der Waals surface area contributed by atoms with Crippen molar-refractivity contribution in [3.63, 3.8) is 0 Å². The van der Waals surface area contributed by atoms with Crippen molar-refractivity contribution in [2.75, 3.05) is 7.11 Å². The first-order chi connectivity index (χ1) is 11.5. The van der Waals surface area contributed by atoms with E-state index in [9.17, 15) is 10.1 Å². The second-order valence-electron chi connectivity index (χ2n) is 5.75. The predicted octanol–water partition coefficient (Wildman–Crippen LogP) is 2.29. The number of nitrogens with zero attached hydrogens (tertiary/aromatic N) is 3. The zero-order valence-electron chi connectivity index (χ0n) is 13.2. The molecule has 128 valence electrons. The molecule has 0 unspecified atom stereocenters. The minimum Gasteiger partial charge on any atom is -0.490 e. The standard InChI is InChI=1S/C15H18N4O5/c1-22-12-8-10(4-5-11(12)19(20)21)23-9-13-17-14(18-24-13)15(16)6-2-3-7-15/h4-5,8H,2-3,6-7,9,16H2,1H3. The van der Waals surface area contributed by atoms with Gasteiger partial charge >= 0.3 is 5.69 Å². The van der Waals surface area contributed by atoms with Gasteiger partial charge in [-0.3, -0.25) is 10.1 Å². The maximum Gasteiger partial charge on any atom is 0.311 e. The summed E-state index contributed by atoms with van der Waals surface area (Å²) in [6.45, 7) is 0.0457. The summed E-state index contributed by atoms with van der Waals surface area (Å²) in [6.07, 6.45) is 3.79. The molecule has 2 aromatic rings. The van der Waals surface area contributed by atoms with Gasteiger partial charge in [-0.25, -0.2) is 0 Å². The van der Waals surface area contributed by atoms with E-state index in [4.69, 9.17) is 19.7 Å². The van der Waals surface area contributed by atoms with Gasteiger partial charge in [-0.15, -0.1) is 0 Å². The van der Waals surface area contributed by atoms with Gasteiger partial charge in [-0.05, 0) is 18.9 Å². The highest BCUT2D eigenvalue weighted by atomic mass is 16.6. The molecule has 0 atom stereocenters. The van der Waals surface area contributed by atoms with Crippen LogP contribution in [-0.4, -0.2) is 22.2 Å². The van der Waals surface area contributed by atoms with Crippen molar-refractivity contribution in [1.29, 1.82) is 0 Å². The second-order valence-corrected chi connectivity index (χ2v) is 5.75. The zero-order chi connectivity index (χ0) is 17.2. The number of hydrogen-bond acceptors (Lipinski definition) is 8. The zero-order valence-corrected chi connectivity index (χ0v) is 13.2. The van der Waals surface area contributed by atoms with Crippen molar-refractivity contribution in [3.05, 3.63) is 40.0 Å². The number of nitrogens with two attached hydrogens (primary N) is 1. The molecule has 1 aromatic heterocycles. The van der Waals surface area contributed by atoms with Crippen LogP contribution < -0.4 is 15.2 Å². The van der Waals surface area contributed by atoms with Gasteiger partial charge in [0.25, 0.3) is 5.89 Å². The molecule has 0 amide bonds. The van der Waals surface area contributed by atoms with Crippen LogP contribution in [-0.2, 0) is 12.1 Å². The molecule has 1 fully saturated rings. The van der Waals surface area contributed by atoms with Crippen LogP contribution in [0.2, 0.25) is 0 Å². The summed E-state index contributed by atoms with van der Waals surface area (Å²) in [6, 6.07) is 4.25. The first-order valence-electron chi connectivity index (χ1n) is 7.59. The number of benzene rings is 1. The summed E-state index contributed by atoms with van der Waals surface area (Å²) >= 11 is 0. The highest BCUT2D eigenvalue weighted by Gasteiger charge is 2.36. The first kappa shape index (κ1) is 16.2. The van der Waals surface area contributed by atoms with Crippen LogP contribution in [0, 0.1) is 10.1 Å². The van der Waals surface area contributed by atoms with E-state index in [-0.39, 0.29) is 18.0 Å². The fraction of sp³-hybridized carbons (Fsp3) is 0.467. The fourth-order valence-electron chi connectivity index (χ4n) is 2.79. The molecule has 0 bridgehead atoms. The van der Waals surface area contributed by atoms with Crippen LogP contribution in [0.1, 0.15) is 37.4 Å². The molecule has 1 saturated carbocycles. The fourth-order valence-corrected chi connectivity index (χ4v) is 2.79. The average molecular weight is 334 g/mol. The van der Waals surface area contributed by atoms with Crippen LogP contribution >= 0.6 is 0 Å². The molecule has 9 nitrogen and oxygen atoms in total. The Kier molecular flexibility index (Phi) is 4.34. The lowest BCUT2D eigenvalue weighted by molar-refractivity contribution is -0.385. The van der Waals surface area contributed by atoms with Gasteiger partial charge in [-0.1, -0.05) is 18.0 Å². The van der Waals surface area contributed by atoms with Gasteiger partial charge in [0.2, 0.25) is 5.75 Å². The molecule has 3 rings (SSSR count). The smallest absolute Gasteiger partial charge is 0.311 e. The SMILES string of the molecule is COc1cc(OCc2nc(C3(N)CCCC3)no2)ccc1[N+](=O)[O-]. The van der Waals surface area contributed by atoms with Gasteiger partial charge in [0.15, 0.2) is 12.4 Å². The Labute approximate surface area is 137 Å². The molecular weight excluding hydrogens is 316 g/mol. The highest BCUT2D eigenvalue weighted by molar-refractivity contribution is 5.50. The number of aromatic nitrogens is 2. The third-order valence-corrected chi connectivity index (χ3v) is 4.12. The van der Waals surface area contributed by atoms with Crippen molar-refractivity contribution in [2.45, 2.75) is 37.8 Å². The van der Waals surface area contributed by atoms with Crippen molar-refractivity contribution in [1.82, 2.24) is 10.1 Å². The molecule has 0 aliphatic heterocycles. The molecule has 1 heterocycles. The molecule has 1 aliphatic rings. The van der Waals surface area contributed by atoms with Crippen molar-refractivity contribution in [2.24, 2.45) is 5.73 Å². The molecule has 2 N–H and O–H groups in total. The molecule has 9 heteroatoms. The summed E-state index contributed by atoms with van der Waals surface area (Å²) in [7, 11) is 1.36. The van der Waals surface area contributed by atoms with Gasteiger partial charge < -0.3 is 19.7 Å². The van der Waals surface area contributed by atoms with Gasteiger partial charge in [0, 0.05) is 12.1 Å². The van der Waals surface area contributed by atoms with E-state index in [2.05, 4.69) is 10.1 Å². The lowest BCUT2D eigenvalue weighted by Gasteiger charge is -2.17. The summed E-state index contributed by atoms with van der Waals surface area (Å²) < 4.78 is 15.7.